The minimum atomic E-state index is 0.00690. The summed E-state index contributed by atoms with van der Waals surface area (Å²) in [5.74, 6) is 1.82. The molecule has 0 aromatic heterocycles. The number of hydrogen-bond acceptors (Lipinski definition) is 3. The third kappa shape index (κ3) is 6.69. The van der Waals surface area contributed by atoms with Crippen molar-refractivity contribution < 1.29 is 14.3 Å². The Kier molecular flexibility index (Phi) is 8.86. The van der Waals surface area contributed by atoms with Crippen molar-refractivity contribution in [2.75, 3.05) is 11.9 Å². The summed E-state index contributed by atoms with van der Waals surface area (Å²) in [4.78, 5) is 12.3. The zero-order valence-electron chi connectivity index (χ0n) is 16.5. The fraction of sp³-hybridized carbons (Fsp3) is 0.435. The van der Waals surface area contributed by atoms with Crippen LogP contribution >= 0.6 is 15.9 Å². The van der Waals surface area contributed by atoms with Crippen LogP contribution in [-0.2, 0) is 17.8 Å². The lowest BCUT2D eigenvalue weighted by Gasteiger charge is -2.18. The van der Waals surface area contributed by atoms with Gasteiger partial charge in [0.05, 0.1) is 6.61 Å². The van der Waals surface area contributed by atoms with Gasteiger partial charge in [0.15, 0.2) is 0 Å². The van der Waals surface area contributed by atoms with Gasteiger partial charge in [-0.1, -0.05) is 66.2 Å². The molecule has 0 fully saturated rings. The van der Waals surface area contributed by atoms with Gasteiger partial charge in [-0.2, -0.15) is 0 Å². The van der Waals surface area contributed by atoms with Crippen LogP contribution in [0.5, 0.6) is 11.5 Å². The van der Waals surface area contributed by atoms with E-state index in [2.05, 4.69) is 15.9 Å². The molecule has 2 aromatic rings. The number of carbonyl (C=O) groups is 1. The largest absolute Gasteiger partial charge is 0.493 e. The zero-order chi connectivity index (χ0) is 19.6. The van der Waals surface area contributed by atoms with Crippen molar-refractivity contribution in [3.8, 4) is 11.5 Å². The van der Waals surface area contributed by atoms with E-state index < -0.39 is 0 Å². The van der Waals surface area contributed by atoms with E-state index in [0.717, 1.165) is 46.4 Å². The molecule has 0 N–H and O–H groups in total. The molecule has 0 amide bonds. The third-order valence-corrected chi connectivity index (χ3v) is 5.02. The van der Waals surface area contributed by atoms with Crippen LogP contribution in [0, 0.1) is 12.8 Å². The summed E-state index contributed by atoms with van der Waals surface area (Å²) in [6, 6.07) is 14.0. The van der Waals surface area contributed by atoms with E-state index in [4.69, 9.17) is 9.47 Å². The maximum absolute atomic E-state index is 12.3. The molecule has 2 aromatic carbocycles. The highest BCUT2D eigenvalue weighted by Crippen LogP contribution is 2.33. The highest BCUT2D eigenvalue weighted by Gasteiger charge is 2.17. The summed E-state index contributed by atoms with van der Waals surface area (Å²) in [5, 5.41) is 0.983. The number of benzene rings is 2. The van der Waals surface area contributed by atoms with Crippen molar-refractivity contribution in [2.45, 2.75) is 46.6 Å². The Labute approximate surface area is 171 Å². The van der Waals surface area contributed by atoms with Gasteiger partial charge in [-0.05, 0) is 31.4 Å². The average molecular weight is 433 g/mol. The number of halogens is 1. The molecule has 0 saturated carbocycles. The standard InChI is InChI=1S/C23H29BrO3/c1-17(2)21(25)15-20-11-12-22(26-14-8-7-13-24)18(3)23(20)27-16-19-9-5-4-6-10-19/h4-6,9-12,17H,7-8,13-16H2,1-3H3. The zero-order valence-corrected chi connectivity index (χ0v) is 18.1. The van der Waals surface area contributed by atoms with Gasteiger partial charge in [0.2, 0.25) is 0 Å². The van der Waals surface area contributed by atoms with Gasteiger partial charge in [-0.15, -0.1) is 0 Å². The van der Waals surface area contributed by atoms with Gasteiger partial charge in [0, 0.05) is 28.8 Å². The van der Waals surface area contributed by atoms with E-state index in [0.29, 0.717) is 19.6 Å². The number of rotatable bonds is 11. The average Bonchev–Trinajstić information content (AvgIpc) is 2.67. The normalized spacial score (nSPS) is 10.9. The van der Waals surface area contributed by atoms with Gasteiger partial charge in [0.25, 0.3) is 0 Å². The predicted octanol–water partition coefficient (Wildman–Crippen LogP) is 5.90. The Bertz CT molecular complexity index is 726. The van der Waals surface area contributed by atoms with Crippen LogP contribution < -0.4 is 9.47 Å². The van der Waals surface area contributed by atoms with E-state index in [9.17, 15) is 4.79 Å². The quantitative estimate of drug-likeness (QED) is 0.327. The number of ether oxygens (including phenoxy) is 2. The van der Waals surface area contributed by atoms with E-state index in [1.54, 1.807) is 0 Å². The molecule has 0 atom stereocenters. The van der Waals surface area contributed by atoms with Crippen LogP contribution in [0.3, 0.4) is 0 Å². The summed E-state index contributed by atoms with van der Waals surface area (Å²) in [5.41, 5.74) is 2.98. The van der Waals surface area contributed by atoms with E-state index in [-0.39, 0.29) is 11.7 Å². The van der Waals surface area contributed by atoms with Crippen molar-refractivity contribution in [1.29, 1.82) is 0 Å². The first-order chi connectivity index (χ1) is 13.0. The lowest BCUT2D eigenvalue weighted by Crippen LogP contribution is -2.12. The molecule has 0 bridgehead atoms. The Morgan fingerprint density at radius 3 is 2.44 bits per heavy atom. The Hall–Kier alpha value is -1.81. The minimum Gasteiger partial charge on any atom is -0.493 e. The Balaban J connectivity index is 2.21. The van der Waals surface area contributed by atoms with Crippen LogP contribution in [0.2, 0.25) is 0 Å². The summed E-state index contributed by atoms with van der Waals surface area (Å²) >= 11 is 3.44. The number of ketones is 1. The maximum Gasteiger partial charge on any atom is 0.139 e. The van der Waals surface area contributed by atoms with Crippen LogP contribution in [0.25, 0.3) is 0 Å². The molecule has 0 heterocycles. The number of carbonyl (C=O) groups excluding carboxylic acids is 1. The Morgan fingerprint density at radius 2 is 1.78 bits per heavy atom. The van der Waals surface area contributed by atoms with Crippen LogP contribution in [0.4, 0.5) is 0 Å². The molecule has 0 aliphatic heterocycles. The first kappa shape index (κ1) is 21.5. The molecule has 0 unspecified atom stereocenters. The number of Topliss-reactive ketones (excluding diaryl/α,β-unsaturated/α-hetero) is 1. The molecule has 3 nitrogen and oxygen atoms in total. The highest BCUT2D eigenvalue weighted by atomic mass is 79.9. The predicted molar refractivity (Wildman–Crippen MR) is 114 cm³/mol. The van der Waals surface area contributed by atoms with E-state index in [1.165, 1.54) is 0 Å². The van der Waals surface area contributed by atoms with Gasteiger partial charge in [0.1, 0.15) is 23.9 Å². The maximum atomic E-state index is 12.3. The molecule has 27 heavy (non-hydrogen) atoms. The topological polar surface area (TPSA) is 35.5 Å². The van der Waals surface area contributed by atoms with Gasteiger partial charge in [-0.25, -0.2) is 0 Å². The SMILES string of the molecule is Cc1c(OCCCCBr)ccc(CC(=O)C(C)C)c1OCc1ccccc1. The van der Waals surface area contributed by atoms with E-state index in [1.807, 2.05) is 63.2 Å². The fourth-order valence-electron chi connectivity index (χ4n) is 2.73. The van der Waals surface area contributed by atoms with Gasteiger partial charge >= 0.3 is 0 Å². The number of hydrogen-bond donors (Lipinski definition) is 0. The molecule has 4 heteroatoms. The van der Waals surface area contributed by atoms with Crippen molar-refractivity contribution in [3.05, 3.63) is 59.2 Å². The van der Waals surface area contributed by atoms with Crippen LogP contribution in [0.1, 0.15) is 43.4 Å². The second-order valence-corrected chi connectivity index (χ2v) is 7.79. The van der Waals surface area contributed by atoms with Crippen LogP contribution in [0.15, 0.2) is 42.5 Å². The molecule has 2 rings (SSSR count). The number of alkyl halides is 1. The smallest absolute Gasteiger partial charge is 0.139 e. The van der Waals surface area contributed by atoms with E-state index >= 15 is 0 Å². The second-order valence-electron chi connectivity index (χ2n) is 6.99. The molecule has 0 radical (unpaired) electrons. The molecular formula is C23H29BrO3. The van der Waals surface area contributed by atoms with Crippen LogP contribution in [-0.4, -0.2) is 17.7 Å². The lowest BCUT2D eigenvalue weighted by atomic mass is 9.98. The summed E-state index contributed by atoms with van der Waals surface area (Å²) in [6.45, 7) is 7.01. The fourth-order valence-corrected chi connectivity index (χ4v) is 3.12. The van der Waals surface area contributed by atoms with Crippen molar-refractivity contribution in [3.63, 3.8) is 0 Å². The molecule has 0 aliphatic carbocycles. The monoisotopic (exact) mass is 432 g/mol. The number of unbranched alkanes of at least 4 members (excludes halogenated alkanes) is 1. The summed E-state index contributed by atoms with van der Waals surface area (Å²) in [7, 11) is 0. The minimum absolute atomic E-state index is 0.00690. The summed E-state index contributed by atoms with van der Waals surface area (Å²) in [6.07, 6.45) is 2.46. The third-order valence-electron chi connectivity index (χ3n) is 4.46. The molecular weight excluding hydrogens is 404 g/mol. The molecule has 0 saturated heterocycles. The van der Waals surface area contributed by atoms with Gasteiger partial charge < -0.3 is 9.47 Å². The lowest BCUT2D eigenvalue weighted by molar-refractivity contribution is -0.121. The molecule has 0 aliphatic rings. The first-order valence-electron chi connectivity index (χ1n) is 9.53. The van der Waals surface area contributed by atoms with Crippen molar-refractivity contribution in [1.82, 2.24) is 0 Å². The van der Waals surface area contributed by atoms with Gasteiger partial charge in [-0.3, -0.25) is 4.79 Å². The van der Waals surface area contributed by atoms with Crippen molar-refractivity contribution >= 4 is 21.7 Å². The Morgan fingerprint density at radius 1 is 1.04 bits per heavy atom. The highest BCUT2D eigenvalue weighted by molar-refractivity contribution is 9.09. The first-order valence-corrected chi connectivity index (χ1v) is 10.7. The molecule has 0 spiro atoms. The second kappa shape index (κ2) is 11.1. The summed E-state index contributed by atoms with van der Waals surface area (Å²) < 4.78 is 12.1. The van der Waals surface area contributed by atoms with Crippen molar-refractivity contribution in [2.24, 2.45) is 5.92 Å². The molecule has 146 valence electrons.